The maximum atomic E-state index is 12.1. The topological polar surface area (TPSA) is 40.5 Å². The third-order valence-corrected chi connectivity index (χ3v) is 2.66. The second-order valence-corrected chi connectivity index (χ2v) is 3.57. The van der Waals surface area contributed by atoms with Gasteiger partial charge in [-0.15, -0.1) is 0 Å². The summed E-state index contributed by atoms with van der Waals surface area (Å²) in [6, 6.07) is 0. The predicted octanol–water partition coefficient (Wildman–Crippen LogP) is 1.67. The molecule has 0 aromatic rings. The van der Waals surface area contributed by atoms with Gasteiger partial charge in [0.2, 0.25) is 0 Å². The van der Waals surface area contributed by atoms with E-state index >= 15 is 0 Å². The lowest BCUT2D eigenvalue weighted by molar-refractivity contribution is -0.191. The maximum absolute atomic E-state index is 12.1. The van der Waals surface area contributed by atoms with Gasteiger partial charge >= 0.3 is 6.18 Å². The molecule has 0 spiro atoms. The lowest BCUT2D eigenvalue weighted by Gasteiger charge is -2.30. The molecule has 2 nitrogen and oxygen atoms in total. The van der Waals surface area contributed by atoms with Crippen molar-refractivity contribution in [2.75, 3.05) is 0 Å². The van der Waals surface area contributed by atoms with Crippen LogP contribution in [0, 0.1) is 11.8 Å². The monoisotopic (exact) mass is 198 g/mol. The Hall–Kier alpha value is -0.290. The van der Waals surface area contributed by atoms with Crippen LogP contribution in [0.3, 0.4) is 0 Å². The largest absolute Gasteiger partial charge is 0.391 e. The molecule has 0 bridgehead atoms. The van der Waals surface area contributed by atoms with Crippen molar-refractivity contribution in [3.05, 3.63) is 0 Å². The summed E-state index contributed by atoms with van der Waals surface area (Å²) in [5.41, 5.74) is 0. The van der Waals surface area contributed by atoms with Crippen LogP contribution in [-0.2, 0) is 0 Å². The van der Waals surface area contributed by atoms with E-state index in [0.717, 1.165) is 0 Å². The summed E-state index contributed by atoms with van der Waals surface area (Å²) in [6.45, 7) is 0. The number of aliphatic hydroxyl groups excluding tert-OH is 1. The molecule has 2 N–H and O–H groups in total. The van der Waals surface area contributed by atoms with E-state index in [1.54, 1.807) is 0 Å². The van der Waals surface area contributed by atoms with Crippen LogP contribution in [0.5, 0.6) is 0 Å². The highest BCUT2D eigenvalue weighted by atomic mass is 19.4. The van der Waals surface area contributed by atoms with Crippen LogP contribution >= 0.6 is 0 Å². The molecule has 0 radical (unpaired) electrons. The van der Waals surface area contributed by atoms with Crippen molar-refractivity contribution < 1.29 is 23.4 Å². The van der Waals surface area contributed by atoms with Crippen molar-refractivity contribution in [1.82, 2.24) is 0 Å². The fourth-order valence-electron chi connectivity index (χ4n) is 1.74. The number of halogens is 3. The molecule has 0 aliphatic heterocycles. The highest BCUT2D eigenvalue weighted by Crippen LogP contribution is 2.39. The first-order valence-corrected chi connectivity index (χ1v) is 4.34. The molecule has 5 heteroatoms. The van der Waals surface area contributed by atoms with Gasteiger partial charge in [0.25, 0.3) is 0 Å². The van der Waals surface area contributed by atoms with Gasteiger partial charge in [-0.3, -0.25) is 0 Å². The summed E-state index contributed by atoms with van der Waals surface area (Å²) in [5.74, 6) is -1.62. The SMILES string of the molecule is OC(O)C1CCC(C(F)(F)F)CC1. The summed E-state index contributed by atoms with van der Waals surface area (Å²) in [5, 5.41) is 17.5. The molecule has 13 heavy (non-hydrogen) atoms. The third kappa shape index (κ3) is 2.84. The van der Waals surface area contributed by atoms with Crippen LogP contribution in [0.1, 0.15) is 25.7 Å². The van der Waals surface area contributed by atoms with Gasteiger partial charge in [0.1, 0.15) is 0 Å². The molecular weight excluding hydrogens is 185 g/mol. The molecule has 0 aromatic carbocycles. The Morgan fingerprint density at radius 1 is 1.00 bits per heavy atom. The Kier molecular flexibility index (Phi) is 3.18. The number of alkyl halides is 3. The first-order valence-electron chi connectivity index (χ1n) is 4.34. The van der Waals surface area contributed by atoms with Crippen molar-refractivity contribution in [3.8, 4) is 0 Å². The van der Waals surface area contributed by atoms with Crippen LogP contribution in [0.2, 0.25) is 0 Å². The van der Waals surface area contributed by atoms with Crippen molar-refractivity contribution in [3.63, 3.8) is 0 Å². The van der Waals surface area contributed by atoms with Gasteiger partial charge in [-0.05, 0) is 25.7 Å². The number of hydrogen-bond donors (Lipinski definition) is 2. The van der Waals surface area contributed by atoms with E-state index in [9.17, 15) is 13.2 Å². The summed E-state index contributed by atoms with van der Waals surface area (Å²) in [7, 11) is 0. The van der Waals surface area contributed by atoms with Crippen molar-refractivity contribution in [2.24, 2.45) is 11.8 Å². The Morgan fingerprint density at radius 3 is 1.77 bits per heavy atom. The van der Waals surface area contributed by atoms with Crippen LogP contribution in [0.4, 0.5) is 13.2 Å². The van der Waals surface area contributed by atoms with E-state index in [1.807, 2.05) is 0 Å². The van der Waals surface area contributed by atoms with E-state index in [4.69, 9.17) is 10.2 Å². The Balaban J connectivity index is 2.39. The standard InChI is InChI=1S/C8H13F3O2/c9-8(10,11)6-3-1-5(2-4-6)7(12)13/h5-7,12-13H,1-4H2. The van der Waals surface area contributed by atoms with Crippen LogP contribution in [0.15, 0.2) is 0 Å². The highest BCUT2D eigenvalue weighted by Gasteiger charge is 2.42. The highest BCUT2D eigenvalue weighted by molar-refractivity contribution is 4.77. The average molecular weight is 198 g/mol. The second-order valence-electron chi connectivity index (χ2n) is 3.57. The lowest BCUT2D eigenvalue weighted by atomic mass is 9.81. The quantitative estimate of drug-likeness (QED) is 0.629. The van der Waals surface area contributed by atoms with Gasteiger partial charge in [0.05, 0.1) is 5.92 Å². The minimum Gasteiger partial charge on any atom is -0.368 e. The van der Waals surface area contributed by atoms with E-state index in [-0.39, 0.29) is 31.6 Å². The van der Waals surface area contributed by atoms with Crippen molar-refractivity contribution >= 4 is 0 Å². The van der Waals surface area contributed by atoms with E-state index < -0.39 is 18.4 Å². The van der Waals surface area contributed by atoms with E-state index in [2.05, 4.69) is 0 Å². The Labute approximate surface area is 74.4 Å². The van der Waals surface area contributed by atoms with Crippen molar-refractivity contribution in [2.45, 2.75) is 38.1 Å². The smallest absolute Gasteiger partial charge is 0.368 e. The maximum Gasteiger partial charge on any atom is 0.391 e. The molecule has 0 unspecified atom stereocenters. The molecule has 1 aliphatic rings. The predicted molar refractivity (Wildman–Crippen MR) is 39.7 cm³/mol. The molecular formula is C8H13F3O2. The summed E-state index contributed by atoms with van der Waals surface area (Å²) in [4.78, 5) is 0. The van der Waals surface area contributed by atoms with Gasteiger partial charge < -0.3 is 10.2 Å². The Morgan fingerprint density at radius 2 is 1.46 bits per heavy atom. The molecule has 1 aliphatic carbocycles. The number of rotatable bonds is 1. The normalized spacial score (nSPS) is 30.9. The summed E-state index contributed by atoms with van der Waals surface area (Å²) in [6.07, 6.45) is -5.04. The molecule has 1 fully saturated rings. The summed E-state index contributed by atoms with van der Waals surface area (Å²) < 4.78 is 36.4. The molecule has 1 rings (SSSR count). The molecule has 0 atom stereocenters. The van der Waals surface area contributed by atoms with Crippen LogP contribution in [0.25, 0.3) is 0 Å². The second kappa shape index (κ2) is 3.84. The van der Waals surface area contributed by atoms with Crippen LogP contribution in [-0.4, -0.2) is 22.7 Å². The molecule has 78 valence electrons. The molecule has 0 heterocycles. The fraction of sp³-hybridized carbons (Fsp3) is 1.00. The zero-order chi connectivity index (χ0) is 10.1. The van der Waals surface area contributed by atoms with Gasteiger partial charge in [0.15, 0.2) is 6.29 Å². The third-order valence-electron chi connectivity index (χ3n) is 2.66. The first kappa shape index (κ1) is 10.8. The van der Waals surface area contributed by atoms with Gasteiger partial charge in [0, 0.05) is 5.92 Å². The molecule has 0 saturated heterocycles. The minimum atomic E-state index is -4.12. The fourth-order valence-corrected chi connectivity index (χ4v) is 1.74. The van der Waals surface area contributed by atoms with E-state index in [0.29, 0.717) is 0 Å². The lowest BCUT2D eigenvalue weighted by Crippen LogP contribution is -2.31. The average Bonchev–Trinajstić information content (AvgIpc) is 2.03. The zero-order valence-corrected chi connectivity index (χ0v) is 7.09. The summed E-state index contributed by atoms with van der Waals surface area (Å²) >= 11 is 0. The molecule has 1 saturated carbocycles. The minimum absolute atomic E-state index is 0.0196. The number of aliphatic hydroxyl groups is 2. The molecule has 0 aromatic heterocycles. The first-order chi connectivity index (χ1) is 5.91. The molecule has 0 amide bonds. The number of hydrogen-bond acceptors (Lipinski definition) is 2. The Bertz CT molecular complexity index is 159. The van der Waals surface area contributed by atoms with Gasteiger partial charge in [-0.25, -0.2) is 0 Å². The zero-order valence-electron chi connectivity index (χ0n) is 7.09. The van der Waals surface area contributed by atoms with Crippen LogP contribution < -0.4 is 0 Å². The van der Waals surface area contributed by atoms with Crippen molar-refractivity contribution in [1.29, 1.82) is 0 Å². The van der Waals surface area contributed by atoms with Gasteiger partial charge in [-0.2, -0.15) is 13.2 Å². The van der Waals surface area contributed by atoms with Gasteiger partial charge in [-0.1, -0.05) is 0 Å². The van der Waals surface area contributed by atoms with E-state index in [1.165, 1.54) is 0 Å².